The highest BCUT2D eigenvalue weighted by molar-refractivity contribution is 5.85. The van der Waals surface area contributed by atoms with E-state index < -0.39 is 11.7 Å². The minimum atomic E-state index is -4.41. The van der Waals surface area contributed by atoms with Crippen molar-refractivity contribution in [2.24, 2.45) is 5.92 Å². The van der Waals surface area contributed by atoms with Gasteiger partial charge >= 0.3 is 6.18 Å². The van der Waals surface area contributed by atoms with Crippen LogP contribution in [0.25, 0.3) is 10.9 Å². The number of aromatic amines is 1. The van der Waals surface area contributed by atoms with Crippen molar-refractivity contribution in [2.75, 3.05) is 19.6 Å². The number of hydrogen-bond donors (Lipinski definition) is 1. The first kappa shape index (κ1) is 25.3. The summed E-state index contributed by atoms with van der Waals surface area (Å²) < 4.78 is 38.8. The topological polar surface area (TPSA) is 56.4 Å². The molecule has 1 N–H and O–H groups in total. The Morgan fingerprint density at radius 2 is 1.68 bits per heavy atom. The maximum absolute atomic E-state index is 13.2. The molecule has 1 heterocycles. The van der Waals surface area contributed by atoms with E-state index in [1.807, 2.05) is 44.3 Å². The van der Waals surface area contributed by atoms with Gasteiger partial charge in [0.25, 0.3) is 0 Å². The molecule has 0 atom stereocenters. The monoisotopic (exact) mass is 473 g/mol. The Labute approximate surface area is 197 Å². The number of amides is 2. The normalized spacial score (nSPS) is 11.7. The molecule has 0 aliphatic rings. The Morgan fingerprint density at radius 1 is 1.00 bits per heavy atom. The van der Waals surface area contributed by atoms with Gasteiger partial charge in [0.1, 0.15) is 0 Å². The lowest BCUT2D eigenvalue weighted by Gasteiger charge is -2.28. The summed E-state index contributed by atoms with van der Waals surface area (Å²) in [4.78, 5) is 31.6. The zero-order valence-corrected chi connectivity index (χ0v) is 19.7. The molecule has 0 bridgehead atoms. The van der Waals surface area contributed by atoms with Gasteiger partial charge in [0, 0.05) is 43.7 Å². The fourth-order valence-electron chi connectivity index (χ4n) is 3.91. The van der Waals surface area contributed by atoms with Crippen molar-refractivity contribution in [3.8, 4) is 0 Å². The summed E-state index contributed by atoms with van der Waals surface area (Å²) in [5.74, 6) is -0.227. The number of hydrogen-bond acceptors (Lipinski definition) is 2. The maximum atomic E-state index is 13.2. The average Bonchev–Trinajstić information content (AvgIpc) is 3.18. The maximum Gasteiger partial charge on any atom is 0.416 e. The van der Waals surface area contributed by atoms with E-state index in [1.165, 1.54) is 24.0 Å². The lowest BCUT2D eigenvalue weighted by atomic mass is 10.1. The van der Waals surface area contributed by atoms with Crippen molar-refractivity contribution in [2.45, 2.75) is 39.9 Å². The molecule has 0 aliphatic heterocycles. The second-order valence-corrected chi connectivity index (χ2v) is 8.91. The molecule has 2 aromatic carbocycles. The highest BCUT2D eigenvalue weighted by Gasteiger charge is 2.30. The third kappa shape index (κ3) is 6.62. The molecule has 0 unspecified atom stereocenters. The van der Waals surface area contributed by atoms with Gasteiger partial charge in [0.05, 0.1) is 12.1 Å². The minimum Gasteiger partial charge on any atom is -0.361 e. The van der Waals surface area contributed by atoms with Crippen LogP contribution in [-0.4, -0.2) is 46.2 Å². The van der Waals surface area contributed by atoms with Gasteiger partial charge in [0.15, 0.2) is 0 Å². The number of rotatable bonds is 9. The van der Waals surface area contributed by atoms with Crippen LogP contribution in [0.3, 0.4) is 0 Å². The van der Waals surface area contributed by atoms with Crippen molar-refractivity contribution in [1.82, 2.24) is 14.8 Å². The molecule has 3 rings (SSSR count). The van der Waals surface area contributed by atoms with Crippen molar-refractivity contribution >= 4 is 22.7 Å². The van der Waals surface area contributed by atoms with E-state index in [1.54, 1.807) is 4.90 Å². The summed E-state index contributed by atoms with van der Waals surface area (Å²) in [6, 6.07) is 12.7. The molecule has 3 aromatic rings. The largest absolute Gasteiger partial charge is 0.416 e. The second kappa shape index (κ2) is 10.8. The Morgan fingerprint density at radius 3 is 2.29 bits per heavy atom. The van der Waals surface area contributed by atoms with Crippen LogP contribution in [0.15, 0.2) is 54.7 Å². The summed E-state index contributed by atoms with van der Waals surface area (Å²) >= 11 is 0. The number of fused-ring (bicyclic) bond motifs is 1. The molecule has 0 saturated heterocycles. The fourth-order valence-corrected chi connectivity index (χ4v) is 3.91. The van der Waals surface area contributed by atoms with Crippen molar-refractivity contribution in [3.63, 3.8) is 0 Å². The Kier molecular flexibility index (Phi) is 8.02. The Bertz CT molecular complexity index is 1120. The lowest BCUT2D eigenvalue weighted by molar-refractivity contribution is -0.140. The number of carbonyl (C=O) groups excluding carboxylic acids is 2. The van der Waals surface area contributed by atoms with Crippen LogP contribution in [-0.2, 0) is 28.7 Å². The van der Waals surface area contributed by atoms with E-state index in [0.717, 1.165) is 28.6 Å². The first-order valence-electron chi connectivity index (χ1n) is 11.3. The van der Waals surface area contributed by atoms with Crippen LogP contribution >= 0.6 is 0 Å². The average molecular weight is 474 g/mol. The zero-order valence-electron chi connectivity index (χ0n) is 19.7. The molecule has 0 fully saturated rings. The third-order valence-electron chi connectivity index (χ3n) is 5.69. The summed E-state index contributed by atoms with van der Waals surface area (Å²) in [5.41, 5.74) is 1.91. The first-order chi connectivity index (χ1) is 16.0. The van der Waals surface area contributed by atoms with Crippen molar-refractivity contribution < 1.29 is 22.8 Å². The predicted molar refractivity (Wildman–Crippen MR) is 126 cm³/mol. The van der Waals surface area contributed by atoms with Crippen LogP contribution in [0.1, 0.15) is 37.5 Å². The van der Waals surface area contributed by atoms with Gasteiger partial charge in [-0.3, -0.25) is 9.59 Å². The molecule has 8 heteroatoms. The molecule has 2 amide bonds. The van der Waals surface area contributed by atoms with Crippen LogP contribution < -0.4 is 0 Å². The second-order valence-electron chi connectivity index (χ2n) is 8.91. The lowest BCUT2D eigenvalue weighted by Crippen LogP contribution is -2.43. The Balaban J connectivity index is 1.79. The molecule has 0 aliphatic carbocycles. The number of nitrogens with zero attached hydrogens (tertiary/aromatic N) is 2. The number of nitrogens with one attached hydrogen (secondary N) is 1. The SMILES string of the molecule is CC(=O)N(CC(=O)N(CCc1c[nH]c2ccccc12)Cc1ccc(C(F)(F)F)cc1)CC(C)C. The molecule has 0 saturated carbocycles. The van der Waals surface area contributed by atoms with Gasteiger partial charge in [-0.1, -0.05) is 44.2 Å². The molecule has 5 nitrogen and oxygen atoms in total. The molecule has 1 aromatic heterocycles. The summed E-state index contributed by atoms with van der Waals surface area (Å²) in [6.45, 7) is 6.29. The molecule has 0 radical (unpaired) electrons. The van der Waals surface area contributed by atoms with Crippen molar-refractivity contribution in [3.05, 3.63) is 71.4 Å². The van der Waals surface area contributed by atoms with E-state index in [-0.39, 0.29) is 30.8 Å². The van der Waals surface area contributed by atoms with Gasteiger partial charge in [-0.2, -0.15) is 13.2 Å². The summed E-state index contributed by atoms with van der Waals surface area (Å²) in [5, 5.41) is 1.06. The molecule has 0 spiro atoms. The van der Waals surface area contributed by atoms with E-state index >= 15 is 0 Å². The Hall–Kier alpha value is -3.29. The zero-order chi connectivity index (χ0) is 24.9. The number of H-pyrrole nitrogens is 1. The van der Waals surface area contributed by atoms with Crippen molar-refractivity contribution in [1.29, 1.82) is 0 Å². The molecular weight excluding hydrogens is 443 g/mol. The van der Waals surface area contributed by atoms with Gasteiger partial charge in [-0.05, 0) is 41.7 Å². The van der Waals surface area contributed by atoms with Gasteiger partial charge in [-0.15, -0.1) is 0 Å². The van der Waals surface area contributed by atoms with Crippen LogP contribution in [0.4, 0.5) is 13.2 Å². The highest BCUT2D eigenvalue weighted by Crippen LogP contribution is 2.29. The predicted octanol–water partition coefficient (Wildman–Crippen LogP) is 5.26. The minimum absolute atomic E-state index is 0.0674. The van der Waals surface area contributed by atoms with Crippen LogP contribution in [0.5, 0.6) is 0 Å². The van der Waals surface area contributed by atoms with E-state index in [9.17, 15) is 22.8 Å². The third-order valence-corrected chi connectivity index (χ3v) is 5.69. The number of carbonyl (C=O) groups is 2. The molecule has 34 heavy (non-hydrogen) atoms. The van der Waals surface area contributed by atoms with Gasteiger partial charge < -0.3 is 14.8 Å². The summed E-state index contributed by atoms with van der Waals surface area (Å²) in [6.07, 6.45) is -1.94. The first-order valence-corrected chi connectivity index (χ1v) is 11.3. The number of alkyl halides is 3. The van der Waals surface area contributed by atoms with E-state index in [0.29, 0.717) is 25.1 Å². The standard InChI is InChI=1S/C26H30F3N3O2/c1-18(2)15-32(19(3)33)17-25(34)31(16-20-8-10-22(11-9-20)26(27,28)29)13-12-21-14-30-24-7-5-4-6-23(21)24/h4-11,14,18,30H,12-13,15-17H2,1-3H3. The molecular formula is C26H30F3N3O2. The number of halogens is 3. The van der Waals surface area contributed by atoms with Gasteiger partial charge in [0.2, 0.25) is 11.8 Å². The van der Waals surface area contributed by atoms with Crippen LogP contribution in [0.2, 0.25) is 0 Å². The van der Waals surface area contributed by atoms with E-state index in [2.05, 4.69) is 4.98 Å². The van der Waals surface area contributed by atoms with E-state index in [4.69, 9.17) is 0 Å². The number of para-hydroxylation sites is 1. The fraction of sp³-hybridized carbons (Fsp3) is 0.385. The smallest absolute Gasteiger partial charge is 0.361 e. The summed E-state index contributed by atoms with van der Waals surface area (Å²) in [7, 11) is 0. The molecule has 182 valence electrons. The number of aromatic nitrogens is 1. The van der Waals surface area contributed by atoms with Crippen LogP contribution in [0, 0.1) is 5.92 Å². The van der Waals surface area contributed by atoms with Gasteiger partial charge in [-0.25, -0.2) is 0 Å². The number of benzene rings is 2. The quantitative estimate of drug-likeness (QED) is 0.461. The highest BCUT2D eigenvalue weighted by atomic mass is 19.4.